The van der Waals surface area contributed by atoms with Crippen LogP contribution >= 0.6 is 27.5 Å². The first-order valence-electron chi connectivity index (χ1n) is 9.45. The van der Waals surface area contributed by atoms with Crippen LogP contribution in [0.5, 0.6) is 0 Å². The Bertz CT molecular complexity index is 984. The molecule has 0 radical (unpaired) electrons. The van der Waals surface area contributed by atoms with Crippen LogP contribution in [0.4, 0.5) is 5.69 Å². The van der Waals surface area contributed by atoms with E-state index in [2.05, 4.69) is 36.3 Å². The van der Waals surface area contributed by atoms with E-state index in [1.807, 2.05) is 36.4 Å². The summed E-state index contributed by atoms with van der Waals surface area (Å²) in [6.07, 6.45) is 1.60. The summed E-state index contributed by atoms with van der Waals surface area (Å²) >= 11 is 9.38. The highest BCUT2D eigenvalue weighted by Crippen LogP contribution is 2.25. The topological polar surface area (TPSA) is 71.3 Å². The quantitative estimate of drug-likeness (QED) is 0.562. The van der Waals surface area contributed by atoms with Gasteiger partial charge in [-0.3, -0.25) is 9.69 Å². The zero-order chi connectivity index (χ0) is 20.2. The lowest BCUT2D eigenvalue weighted by atomic mass is 9.96. The highest BCUT2D eigenvalue weighted by Gasteiger charge is 2.26. The maximum Gasteiger partial charge on any atom is 0.241 e. The van der Waals surface area contributed by atoms with Crippen molar-refractivity contribution in [1.29, 1.82) is 0 Å². The smallest absolute Gasteiger partial charge is 0.241 e. The Balaban J connectivity index is 1.29. The Morgan fingerprint density at radius 2 is 1.90 bits per heavy atom. The van der Waals surface area contributed by atoms with Gasteiger partial charge in [-0.25, -0.2) is 0 Å². The predicted octanol–water partition coefficient (Wildman–Crippen LogP) is 5.00. The van der Waals surface area contributed by atoms with Gasteiger partial charge in [0.25, 0.3) is 0 Å². The van der Waals surface area contributed by atoms with E-state index in [1.54, 1.807) is 12.1 Å². The van der Waals surface area contributed by atoms with Gasteiger partial charge >= 0.3 is 0 Å². The molecule has 0 aliphatic carbocycles. The normalized spacial score (nSPS) is 15.4. The molecule has 0 spiro atoms. The number of nitrogens with one attached hydrogen (secondary N) is 1. The molecule has 4 rings (SSSR count). The van der Waals surface area contributed by atoms with Gasteiger partial charge in [0, 0.05) is 21.0 Å². The number of rotatable bonds is 5. The standard InChI is InChI=1S/C21H20BrClN4O2/c22-17-3-1-2-4-18(17)24-21(28)15-9-11-27(12-10-15)13-19-25-20(26-29-19)14-5-7-16(23)8-6-14/h1-8,15H,9-13H2,(H,24,28). The summed E-state index contributed by atoms with van der Waals surface area (Å²) in [5, 5.41) is 7.74. The summed E-state index contributed by atoms with van der Waals surface area (Å²) in [4.78, 5) is 19.3. The fourth-order valence-corrected chi connectivity index (χ4v) is 3.89. The van der Waals surface area contributed by atoms with E-state index in [0.717, 1.165) is 41.7 Å². The number of halogens is 2. The Kier molecular flexibility index (Phi) is 6.28. The van der Waals surface area contributed by atoms with Crippen LogP contribution in [0.1, 0.15) is 18.7 Å². The maximum absolute atomic E-state index is 12.6. The van der Waals surface area contributed by atoms with Crippen LogP contribution in [0.2, 0.25) is 5.02 Å². The van der Waals surface area contributed by atoms with E-state index in [-0.39, 0.29) is 11.8 Å². The molecule has 1 aliphatic heterocycles. The largest absolute Gasteiger partial charge is 0.338 e. The molecule has 0 saturated carbocycles. The molecule has 1 N–H and O–H groups in total. The fraction of sp³-hybridized carbons (Fsp3) is 0.286. The van der Waals surface area contributed by atoms with Crippen LogP contribution < -0.4 is 5.32 Å². The third-order valence-electron chi connectivity index (χ3n) is 5.02. The van der Waals surface area contributed by atoms with E-state index in [0.29, 0.717) is 23.3 Å². The number of nitrogens with zero attached hydrogens (tertiary/aromatic N) is 3. The molecule has 29 heavy (non-hydrogen) atoms. The molecule has 3 aromatic rings. The average Bonchev–Trinajstić information content (AvgIpc) is 3.19. The molecule has 2 heterocycles. The van der Waals surface area contributed by atoms with Gasteiger partial charge in [-0.05, 0) is 78.3 Å². The van der Waals surface area contributed by atoms with Gasteiger partial charge in [0.1, 0.15) is 0 Å². The van der Waals surface area contributed by atoms with Crippen molar-refractivity contribution >= 4 is 39.1 Å². The number of hydrogen-bond donors (Lipinski definition) is 1. The molecule has 1 fully saturated rings. The summed E-state index contributed by atoms with van der Waals surface area (Å²) < 4.78 is 6.29. The number of benzene rings is 2. The van der Waals surface area contributed by atoms with Crippen molar-refractivity contribution in [3.05, 3.63) is 63.9 Å². The highest BCUT2D eigenvalue weighted by atomic mass is 79.9. The highest BCUT2D eigenvalue weighted by molar-refractivity contribution is 9.10. The number of hydrogen-bond acceptors (Lipinski definition) is 5. The van der Waals surface area contributed by atoms with Crippen molar-refractivity contribution in [3.8, 4) is 11.4 Å². The molecular weight excluding hydrogens is 456 g/mol. The molecule has 2 aromatic carbocycles. The van der Waals surface area contributed by atoms with E-state index < -0.39 is 0 Å². The first-order valence-corrected chi connectivity index (χ1v) is 10.6. The maximum atomic E-state index is 12.6. The molecule has 8 heteroatoms. The van der Waals surface area contributed by atoms with E-state index >= 15 is 0 Å². The molecule has 150 valence electrons. The van der Waals surface area contributed by atoms with Gasteiger partial charge in [-0.2, -0.15) is 4.98 Å². The number of carbonyl (C=O) groups excluding carboxylic acids is 1. The fourth-order valence-electron chi connectivity index (χ4n) is 3.38. The van der Waals surface area contributed by atoms with Gasteiger partial charge in [-0.15, -0.1) is 0 Å². The zero-order valence-electron chi connectivity index (χ0n) is 15.6. The number of para-hydroxylation sites is 1. The van der Waals surface area contributed by atoms with Crippen molar-refractivity contribution in [1.82, 2.24) is 15.0 Å². The minimum absolute atomic E-state index is 0.00525. The summed E-state index contributed by atoms with van der Waals surface area (Å²) in [6, 6.07) is 15.0. The van der Waals surface area contributed by atoms with Gasteiger partial charge in [0.05, 0.1) is 12.2 Å². The number of aromatic nitrogens is 2. The third kappa shape index (κ3) is 5.04. The van der Waals surface area contributed by atoms with Crippen molar-refractivity contribution in [2.45, 2.75) is 19.4 Å². The Morgan fingerprint density at radius 3 is 2.62 bits per heavy atom. The molecule has 0 atom stereocenters. The van der Waals surface area contributed by atoms with Crippen LogP contribution in [-0.2, 0) is 11.3 Å². The lowest BCUT2D eigenvalue weighted by Crippen LogP contribution is -2.37. The lowest BCUT2D eigenvalue weighted by molar-refractivity contribution is -0.121. The van der Waals surface area contributed by atoms with E-state index in [4.69, 9.17) is 16.1 Å². The second-order valence-corrected chi connectivity index (χ2v) is 8.33. The minimum atomic E-state index is 0.00525. The number of likely N-dealkylation sites (tertiary alicyclic amines) is 1. The monoisotopic (exact) mass is 474 g/mol. The summed E-state index contributed by atoms with van der Waals surface area (Å²) in [7, 11) is 0. The van der Waals surface area contributed by atoms with Crippen LogP contribution in [0.3, 0.4) is 0 Å². The van der Waals surface area contributed by atoms with Crippen molar-refractivity contribution in [3.63, 3.8) is 0 Å². The van der Waals surface area contributed by atoms with E-state index in [1.165, 1.54) is 0 Å². The Hall–Kier alpha value is -2.22. The summed E-state index contributed by atoms with van der Waals surface area (Å²) in [5.41, 5.74) is 1.67. The van der Waals surface area contributed by atoms with Gasteiger partial charge in [0.15, 0.2) is 0 Å². The Morgan fingerprint density at radius 1 is 1.17 bits per heavy atom. The summed E-state index contributed by atoms with van der Waals surface area (Å²) in [5.74, 6) is 1.20. The van der Waals surface area contributed by atoms with Gasteiger partial charge in [0.2, 0.25) is 17.6 Å². The SMILES string of the molecule is O=C(Nc1ccccc1Br)C1CCN(Cc2nc(-c3ccc(Cl)cc3)no2)CC1. The minimum Gasteiger partial charge on any atom is -0.338 e. The number of amides is 1. The van der Waals surface area contributed by atoms with Crippen LogP contribution in [0.15, 0.2) is 57.5 Å². The van der Waals surface area contributed by atoms with Crippen LogP contribution in [0.25, 0.3) is 11.4 Å². The molecule has 1 amide bonds. The number of piperidine rings is 1. The zero-order valence-corrected chi connectivity index (χ0v) is 18.0. The molecule has 0 unspecified atom stereocenters. The molecule has 6 nitrogen and oxygen atoms in total. The lowest BCUT2D eigenvalue weighted by Gasteiger charge is -2.30. The van der Waals surface area contributed by atoms with E-state index in [9.17, 15) is 4.79 Å². The second kappa shape index (κ2) is 9.07. The molecule has 1 saturated heterocycles. The third-order valence-corrected chi connectivity index (χ3v) is 5.96. The van der Waals surface area contributed by atoms with Crippen LogP contribution in [-0.4, -0.2) is 34.0 Å². The Labute approximate surface area is 182 Å². The molecule has 0 bridgehead atoms. The summed E-state index contributed by atoms with van der Waals surface area (Å²) in [6.45, 7) is 2.21. The van der Waals surface area contributed by atoms with Crippen molar-refractivity contribution in [2.24, 2.45) is 5.92 Å². The molecule has 1 aromatic heterocycles. The predicted molar refractivity (Wildman–Crippen MR) is 116 cm³/mol. The average molecular weight is 476 g/mol. The van der Waals surface area contributed by atoms with Crippen LogP contribution in [0, 0.1) is 5.92 Å². The van der Waals surface area contributed by atoms with Crippen molar-refractivity contribution < 1.29 is 9.32 Å². The number of carbonyl (C=O) groups is 1. The second-order valence-electron chi connectivity index (χ2n) is 7.04. The first-order chi connectivity index (χ1) is 14.1. The molecular formula is C21H20BrClN4O2. The van der Waals surface area contributed by atoms with Crippen molar-refractivity contribution in [2.75, 3.05) is 18.4 Å². The van der Waals surface area contributed by atoms with Gasteiger partial charge < -0.3 is 9.84 Å². The van der Waals surface area contributed by atoms with Gasteiger partial charge in [-0.1, -0.05) is 28.9 Å². The molecule has 1 aliphatic rings. The first kappa shape index (κ1) is 20.1. The number of anilines is 1.